The molecule has 7 heteroatoms. The topological polar surface area (TPSA) is 66.5 Å². The first-order valence-corrected chi connectivity index (χ1v) is 11.3. The van der Waals surface area contributed by atoms with Crippen LogP contribution in [0.2, 0.25) is 0 Å². The minimum absolute atomic E-state index is 0.156. The summed E-state index contributed by atoms with van der Waals surface area (Å²) in [5.74, 6) is 0.156. The van der Waals surface area contributed by atoms with Crippen LogP contribution in [0.25, 0.3) is 0 Å². The molecule has 0 saturated carbocycles. The molecule has 0 spiro atoms. The number of benzene rings is 1. The van der Waals surface area contributed by atoms with E-state index in [1.54, 1.807) is 29.6 Å². The zero-order valence-corrected chi connectivity index (χ0v) is 16.5. The molecule has 5 nitrogen and oxygen atoms in total. The summed E-state index contributed by atoms with van der Waals surface area (Å²) in [4.78, 5) is 14.6. The number of piperidine rings is 1. The molecule has 1 atom stereocenters. The highest BCUT2D eigenvalue weighted by atomic mass is 32.2. The van der Waals surface area contributed by atoms with E-state index in [0.29, 0.717) is 18.2 Å². The SMILES string of the molecule is CCC1CCCCN1C(=O)Cc1ccc(NS(=O)(=O)c2cccs2)cc1. The minimum Gasteiger partial charge on any atom is -0.339 e. The van der Waals surface area contributed by atoms with Crippen LogP contribution in [-0.2, 0) is 21.2 Å². The highest BCUT2D eigenvalue weighted by molar-refractivity contribution is 7.94. The van der Waals surface area contributed by atoms with E-state index in [1.165, 1.54) is 17.8 Å². The Bertz CT molecular complexity index is 830. The highest BCUT2D eigenvalue weighted by Gasteiger charge is 2.25. The van der Waals surface area contributed by atoms with Gasteiger partial charge in [0.15, 0.2) is 0 Å². The van der Waals surface area contributed by atoms with E-state index >= 15 is 0 Å². The number of anilines is 1. The highest BCUT2D eigenvalue weighted by Crippen LogP contribution is 2.22. The molecule has 2 heterocycles. The molecule has 1 aliphatic rings. The molecular formula is C19H24N2O3S2. The Morgan fingerprint density at radius 1 is 1.23 bits per heavy atom. The third-order valence-corrected chi connectivity index (χ3v) is 7.52. The zero-order valence-electron chi connectivity index (χ0n) is 14.8. The van der Waals surface area contributed by atoms with Gasteiger partial charge in [0.2, 0.25) is 5.91 Å². The van der Waals surface area contributed by atoms with Crippen LogP contribution in [0.3, 0.4) is 0 Å². The number of amides is 1. The van der Waals surface area contributed by atoms with E-state index in [2.05, 4.69) is 11.6 Å². The van der Waals surface area contributed by atoms with Crippen molar-refractivity contribution in [2.75, 3.05) is 11.3 Å². The first kappa shape index (κ1) is 18.9. The largest absolute Gasteiger partial charge is 0.339 e. The van der Waals surface area contributed by atoms with Crippen LogP contribution in [0.1, 0.15) is 38.2 Å². The Hall–Kier alpha value is -1.86. The Labute approximate surface area is 159 Å². The maximum atomic E-state index is 12.6. The van der Waals surface area contributed by atoms with Gasteiger partial charge in [-0.2, -0.15) is 0 Å². The van der Waals surface area contributed by atoms with E-state index in [9.17, 15) is 13.2 Å². The molecule has 3 rings (SSSR count). The number of thiophene rings is 1. The predicted molar refractivity (Wildman–Crippen MR) is 105 cm³/mol. The summed E-state index contributed by atoms with van der Waals surface area (Å²) in [5, 5.41) is 1.73. The van der Waals surface area contributed by atoms with Crippen LogP contribution in [0.4, 0.5) is 5.69 Å². The number of hydrogen-bond acceptors (Lipinski definition) is 4. The lowest BCUT2D eigenvalue weighted by molar-refractivity contribution is -0.134. The molecule has 0 bridgehead atoms. The van der Waals surface area contributed by atoms with Crippen molar-refractivity contribution in [3.63, 3.8) is 0 Å². The molecule has 140 valence electrons. The lowest BCUT2D eigenvalue weighted by Gasteiger charge is -2.35. The van der Waals surface area contributed by atoms with Crippen molar-refractivity contribution in [3.8, 4) is 0 Å². The Balaban J connectivity index is 1.63. The number of likely N-dealkylation sites (tertiary alicyclic amines) is 1. The second kappa shape index (κ2) is 8.22. The van der Waals surface area contributed by atoms with Crippen LogP contribution in [0.5, 0.6) is 0 Å². The lowest BCUT2D eigenvalue weighted by Crippen LogP contribution is -2.44. The standard InChI is InChI=1S/C19H24N2O3S2/c1-2-17-6-3-4-12-21(17)18(22)14-15-8-10-16(11-9-15)20-26(23,24)19-7-5-13-25-19/h5,7-11,13,17,20H,2-4,6,12,14H2,1H3. The van der Waals surface area contributed by atoms with Crippen LogP contribution in [0.15, 0.2) is 46.0 Å². The molecule has 26 heavy (non-hydrogen) atoms. The number of nitrogens with one attached hydrogen (secondary N) is 1. The molecule has 2 aromatic rings. The predicted octanol–water partition coefficient (Wildman–Crippen LogP) is 3.88. The normalized spacial score (nSPS) is 17.9. The molecule has 1 aromatic heterocycles. The fraction of sp³-hybridized carbons (Fsp3) is 0.421. The van der Waals surface area contributed by atoms with Crippen molar-refractivity contribution in [2.45, 2.75) is 49.3 Å². The Morgan fingerprint density at radius 2 is 2.00 bits per heavy atom. The number of carbonyl (C=O) groups excluding carboxylic acids is 1. The van der Waals surface area contributed by atoms with Gasteiger partial charge in [-0.15, -0.1) is 11.3 Å². The molecule has 0 radical (unpaired) electrons. The van der Waals surface area contributed by atoms with Crippen molar-refractivity contribution in [3.05, 3.63) is 47.3 Å². The maximum Gasteiger partial charge on any atom is 0.271 e. The summed E-state index contributed by atoms with van der Waals surface area (Å²) < 4.78 is 27.3. The average molecular weight is 393 g/mol. The van der Waals surface area contributed by atoms with E-state index in [-0.39, 0.29) is 10.1 Å². The van der Waals surface area contributed by atoms with E-state index in [1.807, 2.05) is 17.0 Å². The first-order chi connectivity index (χ1) is 12.5. The second-order valence-electron chi connectivity index (χ2n) is 6.56. The van der Waals surface area contributed by atoms with Gasteiger partial charge in [-0.1, -0.05) is 25.1 Å². The Morgan fingerprint density at radius 3 is 2.65 bits per heavy atom. The monoisotopic (exact) mass is 392 g/mol. The van der Waals surface area contributed by atoms with Crippen molar-refractivity contribution in [1.29, 1.82) is 0 Å². The van der Waals surface area contributed by atoms with Crippen molar-refractivity contribution in [1.82, 2.24) is 4.90 Å². The fourth-order valence-corrected chi connectivity index (χ4v) is 5.39. The molecule has 1 aromatic carbocycles. The second-order valence-corrected chi connectivity index (χ2v) is 9.41. The number of rotatable bonds is 6. The van der Waals surface area contributed by atoms with Crippen molar-refractivity contribution in [2.24, 2.45) is 0 Å². The maximum absolute atomic E-state index is 12.6. The molecule has 1 fully saturated rings. The molecule has 0 aliphatic carbocycles. The van der Waals surface area contributed by atoms with Gasteiger partial charge < -0.3 is 4.90 Å². The number of sulfonamides is 1. The van der Waals surface area contributed by atoms with E-state index < -0.39 is 10.0 Å². The van der Waals surface area contributed by atoms with E-state index in [4.69, 9.17) is 0 Å². The van der Waals surface area contributed by atoms with Gasteiger partial charge in [0, 0.05) is 18.3 Å². The van der Waals surface area contributed by atoms with Crippen LogP contribution in [0, 0.1) is 0 Å². The van der Waals surface area contributed by atoms with Gasteiger partial charge in [0.1, 0.15) is 4.21 Å². The third kappa shape index (κ3) is 4.45. The molecule has 1 unspecified atom stereocenters. The first-order valence-electron chi connectivity index (χ1n) is 8.94. The van der Waals surface area contributed by atoms with Gasteiger partial charge in [0.25, 0.3) is 10.0 Å². The number of carbonyl (C=O) groups is 1. The van der Waals surface area contributed by atoms with Crippen LogP contribution >= 0.6 is 11.3 Å². The average Bonchev–Trinajstić information content (AvgIpc) is 3.19. The fourth-order valence-electron chi connectivity index (χ4n) is 3.34. The van der Waals surface area contributed by atoms with Gasteiger partial charge in [-0.3, -0.25) is 9.52 Å². The van der Waals surface area contributed by atoms with Crippen LogP contribution in [-0.4, -0.2) is 31.8 Å². The molecule has 1 aliphatic heterocycles. The molecule has 1 amide bonds. The zero-order chi connectivity index (χ0) is 18.6. The van der Waals surface area contributed by atoms with Crippen molar-refractivity contribution >= 4 is 33.0 Å². The summed E-state index contributed by atoms with van der Waals surface area (Å²) in [7, 11) is -3.54. The molecule has 1 saturated heterocycles. The lowest BCUT2D eigenvalue weighted by atomic mass is 9.99. The Kier molecular flexibility index (Phi) is 5.98. The van der Waals surface area contributed by atoms with Gasteiger partial charge in [-0.25, -0.2) is 8.42 Å². The summed E-state index contributed by atoms with van der Waals surface area (Å²) >= 11 is 1.18. The number of nitrogens with zero attached hydrogens (tertiary/aromatic N) is 1. The number of hydrogen-bond donors (Lipinski definition) is 1. The third-order valence-electron chi connectivity index (χ3n) is 4.74. The molecular weight excluding hydrogens is 368 g/mol. The minimum atomic E-state index is -3.54. The summed E-state index contributed by atoms with van der Waals surface area (Å²) in [6.07, 6.45) is 4.71. The summed E-state index contributed by atoms with van der Waals surface area (Å²) in [6, 6.07) is 10.7. The van der Waals surface area contributed by atoms with Crippen LogP contribution < -0.4 is 4.72 Å². The molecule has 1 N–H and O–H groups in total. The smallest absolute Gasteiger partial charge is 0.271 e. The quantitative estimate of drug-likeness (QED) is 0.811. The van der Waals surface area contributed by atoms with Gasteiger partial charge in [0.05, 0.1) is 6.42 Å². The summed E-state index contributed by atoms with van der Waals surface area (Å²) in [5.41, 5.74) is 1.40. The van der Waals surface area contributed by atoms with Gasteiger partial charge in [-0.05, 0) is 54.8 Å². The summed E-state index contributed by atoms with van der Waals surface area (Å²) in [6.45, 7) is 2.97. The van der Waals surface area contributed by atoms with E-state index in [0.717, 1.165) is 31.4 Å². The van der Waals surface area contributed by atoms with Crippen molar-refractivity contribution < 1.29 is 13.2 Å². The van der Waals surface area contributed by atoms with Gasteiger partial charge >= 0.3 is 0 Å².